The summed E-state index contributed by atoms with van der Waals surface area (Å²) in [6.07, 6.45) is 0. The van der Waals surface area contributed by atoms with Gasteiger partial charge in [-0.1, -0.05) is 29.9 Å². The molecule has 86 valence electrons. The van der Waals surface area contributed by atoms with Crippen molar-refractivity contribution in [3.8, 4) is 0 Å². The number of carbonyl (C=O) groups is 1. The molecule has 0 aromatic heterocycles. The Balaban J connectivity index is 2.37. The van der Waals surface area contributed by atoms with Crippen LogP contribution in [0.15, 0.2) is 24.3 Å². The second-order valence-corrected chi connectivity index (χ2v) is 4.96. The number of thioether (sulfide) groups is 1. The Kier molecular flexibility index (Phi) is 5.59. The summed E-state index contributed by atoms with van der Waals surface area (Å²) in [5.74, 6) is 0.742. The number of nitrogens with two attached hydrogens (primary N) is 1. The van der Waals surface area contributed by atoms with Crippen LogP contribution in [0.1, 0.15) is 0 Å². The number of anilines is 1. The molecule has 0 saturated carbocycles. The molecule has 0 aliphatic heterocycles. The van der Waals surface area contributed by atoms with E-state index in [1.165, 1.54) is 11.8 Å². The predicted molar refractivity (Wildman–Crippen MR) is 74.2 cm³/mol. The molecule has 0 fully saturated rings. The van der Waals surface area contributed by atoms with Gasteiger partial charge >= 0.3 is 0 Å². The van der Waals surface area contributed by atoms with Crippen LogP contribution in [-0.4, -0.2) is 22.4 Å². The number of hydrogen-bond donors (Lipinski definition) is 2. The van der Waals surface area contributed by atoms with Gasteiger partial charge in [-0.3, -0.25) is 4.79 Å². The summed E-state index contributed by atoms with van der Waals surface area (Å²) in [6.45, 7) is 0. The number of rotatable bonds is 5. The maximum atomic E-state index is 11.4. The van der Waals surface area contributed by atoms with E-state index in [1.54, 1.807) is 24.3 Å². The zero-order valence-corrected chi connectivity index (χ0v) is 10.8. The van der Waals surface area contributed by atoms with Gasteiger partial charge < -0.3 is 11.1 Å². The third kappa shape index (κ3) is 5.34. The molecular weight excluding hydrogens is 264 g/mol. The zero-order chi connectivity index (χ0) is 12.0. The smallest absolute Gasteiger partial charge is 0.234 e. The van der Waals surface area contributed by atoms with Crippen molar-refractivity contribution >= 4 is 52.2 Å². The van der Waals surface area contributed by atoms with Crippen molar-refractivity contribution in [1.29, 1.82) is 0 Å². The van der Waals surface area contributed by atoms with Crippen molar-refractivity contribution in [3.63, 3.8) is 0 Å². The fourth-order valence-electron chi connectivity index (χ4n) is 1.01. The van der Waals surface area contributed by atoms with E-state index in [0.717, 1.165) is 0 Å². The normalized spacial score (nSPS) is 9.81. The van der Waals surface area contributed by atoms with Crippen LogP contribution in [0.5, 0.6) is 0 Å². The molecule has 0 aliphatic rings. The third-order valence-corrected chi connectivity index (χ3v) is 3.13. The van der Waals surface area contributed by atoms with E-state index in [0.29, 0.717) is 27.2 Å². The largest absolute Gasteiger partial charge is 0.393 e. The lowest BCUT2D eigenvalue weighted by molar-refractivity contribution is -0.113. The highest BCUT2D eigenvalue weighted by Gasteiger charge is 2.03. The van der Waals surface area contributed by atoms with Crippen LogP contribution in [0, 0.1) is 0 Å². The second kappa shape index (κ2) is 6.73. The van der Waals surface area contributed by atoms with Crippen molar-refractivity contribution in [3.05, 3.63) is 29.3 Å². The molecule has 0 bridgehead atoms. The van der Waals surface area contributed by atoms with E-state index in [-0.39, 0.29) is 5.91 Å². The molecule has 0 aliphatic carbocycles. The highest BCUT2D eigenvalue weighted by molar-refractivity contribution is 8.01. The van der Waals surface area contributed by atoms with Crippen molar-refractivity contribution in [2.75, 3.05) is 16.8 Å². The molecule has 1 rings (SSSR count). The minimum absolute atomic E-state index is 0.0940. The van der Waals surface area contributed by atoms with E-state index >= 15 is 0 Å². The molecule has 0 unspecified atom stereocenters. The molecule has 3 N–H and O–H groups in total. The zero-order valence-electron chi connectivity index (χ0n) is 8.40. The van der Waals surface area contributed by atoms with Gasteiger partial charge in [0, 0.05) is 16.5 Å². The molecular formula is C10H11ClN2OS2. The van der Waals surface area contributed by atoms with Gasteiger partial charge in [-0.05, 0) is 18.2 Å². The highest BCUT2D eigenvalue weighted by atomic mass is 35.5. The quantitative estimate of drug-likeness (QED) is 0.809. The summed E-state index contributed by atoms with van der Waals surface area (Å²) in [5, 5.41) is 3.32. The van der Waals surface area contributed by atoms with Crippen LogP contribution in [0.2, 0.25) is 5.02 Å². The van der Waals surface area contributed by atoms with Crippen molar-refractivity contribution in [2.45, 2.75) is 0 Å². The molecule has 0 heterocycles. The Morgan fingerprint density at radius 2 is 2.25 bits per heavy atom. The molecule has 0 saturated heterocycles. The molecule has 1 aromatic rings. The number of amides is 1. The Morgan fingerprint density at radius 3 is 2.88 bits per heavy atom. The number of nitrogens with one attached hydrogen (secondary N) is 1. The maximum absolute atomic E-state index is 11.4. The van der Waals surface area contributed by atoms with E-state index in [1.807, 2.05) is 0 Å². The summed E-state index contributed by atoms with van der Waals surface area (Å²) < 4.78 is 0. The Hall–Kier alpha value is -0.780. The van der Waals surface area contributed by atoms with Crippen molar-refractivity contribution in [1.82, 2.24) is 0 Å². The topological polar surface area (TPSA) is 55.1 Å². The van der Waals surface area contributed by atoms with Crippen molar-refractivity contribution < 1.29 is 4.79 Å². The lowest BCUT2D eigenvalue weighted by Gasteiger charge is -2.04. The van der Waals surface area contributed by atoms with Crippen LogP contribution in [0.25, 0.3) is 0 Å². The first-order chi connectivity index (χ1) is 7.58. The number of halogens is 1. The molecule has 0 radical (unpaired) electrons. The average Bonchev–Trinajstić information content (AvgIpc) is 2.16. The van der Waals surface area contributed by atoms with E-state index in [2.05, 4.69) is 5.32 Å². The minimum Gasteiger partial charge on any atom is -0.393 e. The molecule has 1 amide bonds. The molecule has 1 aromatic carbocycles. The number of hydrogen-bond acceptors (Lipinski definition) is 3. The van der Waals surface area contributed by atoms with Gasteiger partial charge in [0.15, 0.2) is 0 Å². The third-order valence-electron chi connectivity index (χ3n) is 1.59. The van der Waals surface area contributed by atoms with Gasteiger partial charge in [0.1, 0.15) is 0 Å². The highest BCUT2D eigenvalue weighted by Crippen LogP contribution is 2.15. The number of carbonyl (C=O) groups excluding carboxylic acids is 1. The second-order valence-electron chi connectivity index (χ2n) is 3.02. The van der Waals surface area contributed by atoms with Gasteiger partial charge in [0.2, 0.25) is 5.91 Å². The first-order valence-electron chi connectivity index (χ1n) is 4.49. The first kappa shape index (κ1) is 13.3. The Bertz CT molecular complexity index is 398. The number of benzene rings is 1. The molecule has 0 spiro atoms. The standard InChI is InChI=1S/C10H11ClN2OS2/c11-7-2-1-3-8(4-7)13-10(14)6-16-5-9(12)15/h1-4H,5-6H2,(H2,12,15)(H,13,14). The fourth-order valence-corrected chi connectivity index (χ4v) is 2.01. The van der Waals surface area contributed by atoms with Gasteiger partial charge in [-0.2, -0.15) is 0 Å². The van der Waals surface area contributed by atoms with Gasteiger partial charge in [0.05, 0.1) is 10.7 Å². The SMILES string of the molecule is NC(=S)CSCC(=O)Nc1cccc(Cl)c1. The monoisotopic (exact) mass is 274 g/mol. The van der Waals surface area contributed by atoms with Crippen LogP contribution in [0.3, 0.4) is 0 Å². The predicted octanol–water partition coefficient (Wildman–Crippen LogP) is 2.30. The molecule has 0 atom stereocenters. The lowest BCUT2D eigenvalue weighted by atomic mass is 10.3. The van der Waals surface area contributed by atoms with Gasteiger partial charge in [-0.25, -0.2) is 0 Å². The Morgan fingerprint density at radius 1 is 1.50 bits per heavy atom. The van der Waals surface area contributed by atoms with Crippen LogP contribution in [0.4, 0.5) is 5.69 Å². The van der Waals surface area contributed by atoms with E-state index in [9.17, 15) is 4.79 Å². The molecule has 3 nitrogen and oxygen atoms in total. The van der Waals surface area contributed by atoms with Crippen LogP contribution in [-0.2, 0) is 4.79 Å². The lowest BCUT2D eigenvalue weighted by Crippen LogP contribution is -2.17. The first-order valence-corrected chi connectivity index (χ1v) is 6.43. The summed E-state index contributed by atoms with van der Waals surface area (Å²) >= 11 is 11.9. The van der Waals surface area contributed by atoms with Crippen molar-refractivity contribution in [2.24, 2.45) is 5.73 Å². The maximum Gasteiger partial charge on any atom is 0.234 e. The molecule has 6 heteroatoms. The summed E-state index contributed by atoms with van der Waals surface area (Å²) in [5.41, 5.74) is 6.00. The van der Waals surface area contributed by atoms with Gasteiger partial charge in [0.25, 0.3) is 0 Å². The molecule has 16 heavy (non-hydrogen) atoms. The van der Waals surface area contributed by atoms with E-state index < -0.39 is 0 Å². The van der Waals surface area contributed by atoms with Crippen LogP contribution >= 0.6 is 35.6 Å². The fraction of sp³-hybridized carbons (Fsp3) is 0.200. The van der Waals surface area contributed by atoms with Gasteiger partial charge in [-0.15, -0.1) is 11.8 Å². The van der Waals surface area contributed by atoms with Crippen LogP contribution < -0.4 is 11.1 Å². The summed E-state index contributed by atoms with van der Waals surface area (Å²) in [4.78, 5) is 11.8. The average molecular weight is 275 g/mol. The number of thiocarbonyl (C=S) groups is 1. The Labute approximate surface area is 109 Å². The summed E-state index contributed by atoms with van der Waals surface area (Å²) in [7, 11) is 0. The minimum atomic E-state index is -0.0940. The summed E-state index contributed by atoms with van der Waals surface area (Å²) in [6, 6.07) is 7.00. The van der Waals surface area contributed by atoms with E-state index in [4.69, 9.17) is 29.6 Å².